The highest BCUT2D eigenvalue weighted by molar-refractivity contribution is 8.77. The maximum Gasteiger partial charge on any atom is 0.330 e. The van der Waals surface area contributed by atoms with Crippen LogP contribution in [0.25, 0.3) is 0 Å². The normalized spacial score (nSPS) is 13.1. The zero-order valence-electron chi connectivity index (χ0n) is 14.7. The third kappa shape index (κ3) is 9.76. The average Bonchev–Trinajstić information content (AvgIpc) is 2.49. The van der Waals surface area contributed by atoms with E-state index in [9.17, 15) is 9.59 Å². The Morgan fingerprint density at radius 3 is 2.09 bits per heavy atom. The van der Waals surface area contributed by atoms with Crippen LogP contribution in [0.3, 0.4) is 0 Å². The van der Waals surface area contributed by atoms with E-state index in [1.54, 1.807) is 21.6 Å². The Balaban J connectivity index is 4.31. The summed E-state index contributed by atoms with van der Waals surface area (Å²) in [5.74, 6) is -0.593. The third-order valence-electron chi connectivity index (χ3n) is 3.43. The van der Waals surface area contributed by atoms with Crippen LogP contribution in [0, 0.1) is 5.92 Å². The molecule has 6 heteroatoms. The van der Waals surface area contributed by atoms with Gasteiger partial charge in [0.05, 0.1) is 13.2 Å². The molecule has 23 heavy (non-hydrogen) atoms. The van der Waals surface area contributed by atoms with E-state index in [1.807, 2.05) is 0 Å². The smallest absolute Gasteiger partial charge is 0.330 e. The van der Waals surface area contributed by atoms with Gasteiger partial charge in [-0.15, -0.1) is 0 Å². The molecule has 0 aromatic carbocycles. The molecule has 1 atom stereocenters. The van der Waals surface area contributed by atoms with Crippen LogP contribution in [-0.2, 0) is 19.1 Å². The van der Waals surface area contributed by atoms with Crippen LogP contribution in [-0.4, -0.2) is 34.6 Å². The molecular formula is C17H28O4S2. The second-order valence-corrected chi connectivity index (χ2v) is 9.88. The summed E-state index contributed by atoms with van der Waals surface area (Å²) in [6.07, 6.45) is 3.10. The van der Waals surface area contributed by atoms with E-state index >= 15 is 0 Å². The van der Waals surface area contributed by atoms with E-state index in [0.29, 0.717) is 13.2 Å². The lowest BCUT2D eigenvalue weighted by molar-refractivity contribution is -0.139. The molecule has 0 saturated heterocycles. The van der Waals surface area contributed by atoms with E-state index in [-0.39, 0.29) is 15.4 Å². The first-order valence-electron chi connectivity index (χ1n) is 7.49. The van der Waals surface area contributed by atoms with Crippen molar-refractivity contribution in [3.63, 3.8) is 0 Å². The molecule has 1 unspecified atom stereocenters. The molecule has 0 spiro atoms. The number of ether oxygens (including phenoxy) is 2. The average molecular weight is 361 g/mol. The van der Waals surface area contributed by atoms with Crippen LogP contribution in [0.15, 0.2) is 25.3 Å². The SMILES string of the molecule is C=CC(=O)OCCC(C)(C)SSC(C)(C)C(C)COC(=O)C=C. The van der Waals surface area contributed by atoms with Gasteiger partial charge >= 0.3 is 11.9 Å². The van der Waals surface area contributed by atoms with Crippen molar-refractivity contribution in [2.75, 3.05) is 13.2 Å². The highest BCUT2D eigenvalue weighted by atomic mass is 33.1. The monoisotopic (exact) mass is 360 g/mol. The summed E-state index contributed by atoms with van der Waals surface area (Å²) in [5.41, 5.74) is 0. The molecule has 0 radical (unpaired) electrons. The largest absolute Gasteiger partial charge is 0.462 e. The highest BCUT2D eigenvalue weighted by Crippen LogP contribution is 2.47. The summed E-state index contributed by atoms with van der Waals surface area (Å²) < 4.78 is 10.1. The summed E-state index contributed by atoms with van der Waals surface area (Å²) in [5, 5.41) is 0. The number of carbonyl (C=O) groups is 2. The van der Waals surface area contributed by atoms with E-state index in [0.717, 1.165) is 6.42 Å². The fraction of sp³-hybridized carbons (Fsp3) is 0.647. The number of hydrogen-bond donors (Lipinski definition) is 0. The minimum atomic E-state index is -0.394. The summed E-state index contributed by atoms with van der Waals surface area (Å²) in [7, 11) is 3.51. The Kier molecular flexibility index (Phi) is 9.70. The first-order valence-corrected chi connectivity index (χ1v) is 9.64. The Hall–Kier alpha value is -0.880. The van der Waals surface area contributed by atoms with Crippen LogP contribution in [0.2, 0.25) is 0 Å². The minimum absolute atomic E-state index is 0.0408. The first kappa shape index (κ1) is 22.1. The summed E-state index contributed by atoms with van der Waals surface area (Å²) in [4.78, 5) is 22.2. The fourth-order valence-electron chi connectivity index (χ4n) is 1.27. The highest BCUT2D eigenvalue weighted by Gasteiger charge is 2.31. The Labute approximate surface area is 147 Å². The number of esters is 2. The Morgan fingerprint density at radius 2 is 1.57 bits per heavy atom. The van der Waals surface area contributed by atoms with E-state index < -0.39 is 11.9 Å². The molecule has 4 nitrogen and oxygen atoms in total. The lowest BCUT2D eigenvalue weighted by atomic mass is 9.98. The van der Waals surface area contributed by atoms with E-state index in [2.05, 4.69) is 47.8 Å². The zero-order valence-corrected chi connectivity index (χ0v) is 16.4. The second kappa shape index (κ2) is 10.1. The molecule has 0 rings (SSSR count). The Morgan fingerprint density at radius 1 is 1.04 bits per heavy atom. The van der Waals surface area contributed by atoms with Gasteiger partial charge in [-0.1, -0.05) is 41.7 Å². The fourth-order valence-corrected chi connectivity index (χ4v) is 4.17. The predicted octanol–water partition coefficient (Wildman–Crippen LogP) is 4.41. The van der Waals surface area contributed by atoms with Gasteiger partial charge in [-0.25, -0.2) is 9.59 Å². The van der Waals surface area contributed by atoms with Gasteiger partial charge in [0.2, 0.25) is 0 Å². The van der Waals surface area contributed by atoms with Crippen LogP contribution in [0.4, 0.5) is 0 Å². The molecule has 0 N–H and O–H groups in total. The van der Waals surface area contributed by atoms with E-state index in [4.69, 9.17) is 9.47 Å². The van der Waals surface area contributed by atoms with Crippen molar-refractivity contribution in [1.82, 2.24) is 0 Å². The molecule has 0 aliphatic rings. The van der Waals surface area contributed by atoms with Crippen LogP contribution in [0.5, 0.6) is 0 Å². The number of hydrogen-bond acceptors (Lipinski definition) is 6. The molecule has 0 aromatic heterocycles. The molecule has 0 fully saturated rings. The molecule has 0 aliphatic carbocycles. The van der Waals surface area contributed by atoms with Gasteiger partial charge in [0.25, 0.3) is 0 Å². The molecular weight excluding hydrogens is 332 g/mol. The van der Waals surface area contributed by atoms with Crippen molar-refractivity contribution in [1.29, 1.82) is 0 Å². The molecule has 0 aliphatic heterocycles. The molecule has 0 amide bonds. The topological polar surface area (TPSA) is 52.6 Å². The van der Waals surface area contributed by atoms with Gasteiger partial charge in [-0.05, 0) is 34.1 Å². The molecule has 132 valence electrons. The van der Waals surface area contributed by atoms with Gasteiger partial charge in [-0.2, -0.15) is 0 Å². The zero-order chi connectivity index (χ0) is 18.1. The van der Waals surface area contributed by atoms with Gasteiger partial charge in [0.1, 0.15) is 0 Å². The molecule has 0 heterocycles. The van der Waals surface area contributed by atoms with Crippen molar-refractivity contribution in [3.8, 4) is 0 Å². The maximum absolute atomic E-state index is 11.2. The Bertz CT molecular complexity index is 430. The van der Waals surface area contributed by atoms with Gasteiger partial charge in [0, 0.05) is 27.6 Å². The third-order valence-corrected chi connectivity index (χ3v) is 7.89. The van der Waals surface area contributed by atoms with Crippen LogP contribution >= 0.6 is 21.6 Å². The van der Waals surface area contributed by atoms with Crippen LogP contribution < -0.4 is 0 Å². The van der Waals surface area contributed by atoms with Crippen molar-refractivity contribution in [2.24, 2.45) is 5.92 Å². The first-order chi connectivity index (χ1) is 10.5. The van der Waals surface area contributed by atoms with Crippen molar-refractivity contribution in [3.05, 3.63) is 25.3 Å². The van der Waals surface area contributed by atoms with Crippen molar-refractivity contribution < 1.29 is 19.1 Å². The standard InChI is InChI=1S/C17H28O4S2/c1-8-14(18)20-11-10-16(4,5)22-23-17(6,7)13(3)12-21-15(19)9-2/h8-9,13H,1-2,10-12H2,3-7H3. The quantitative estimate of drug-likeness (QED) is 0.309. The summed E-state index contributed by atoms with van der Waals surface area (Å²) in [6, 6.07) is 0. The number of rotatable bonds is 11. The maximum atomic E-state index is 11.2. The summed E-state index contributed by atoms with van der Waals surface area (Å²) >= 11 is 0. The lowest BCUT2D eigenvalue weighted by Gasteiger charge is -2.33. The van der Waals surface area contributed by atoms with Gasteiger partial charge < -0.3 is 9.47 Å². The van der Waals surface area contributed by atoms with Crippen molar-refractivity contribution in [2.45, 2.75) is 50.5 Å². The van der Waals surface area contributed by atoms with Crippen LogP contribution in [0.1, 0.15) is 41.0 Å². The van der Waals surface area contributed by atoms with Crippen molar-refractivity contribution >= 4 is 33.5 Å². The predicted molar refractivity (Wildman–Crippen MR) is 99.4 cm³/mol. The van der Waals surface area contributed by atoms with Gasteiger partial charge in [-0.3, -0.25) is 0 Å². The summed E-state index contributed by atoms with van der Waals surface area (Å²) in [6.45, 7) is 18.1. The number of carbonyl (C=O) groups excluding carboxylic acids is 2. The van der Waals surface area contributed by atoms with E-state index in [1.165, 1.54) is 12.2 Å². The van der Waals surface area contributed by atoms with Gasteiger partial charge in [0.15, 0.2) is 0 Å². The second-order valence-electron chi connectivity index (χ2n) is 6.39. The molecule has 0 aromatic rings. The molecule has 0 saturated carbocycles. The minimum Gasteiger partial charge on any atom is -0.462 e. The lowest BCUT2D eigenvalue weighted by Crippen LogP contribution is -2.30. The molecule has 0 bridgehead atoms.